The van der Waals surface area contributed by atoms with Crippen molar-refractivity contribution in [1.29, 1.82) is 0 Å². The standard InChI is InChI=1S/C10H11N2O4/c1-3-7(2)8-4-9(11(13)14)6-10(5-8)12(15)16/h4,6-7H,3H2,1-2H3. The van der Waals surface area contributed by atoms with Crippen LogP contribution in [0, 0.1) is 26.3 Å². The Labute approximate surface area is 92.2 Å². The van der Waals surface area contributed by atoms with Gasteiger partial charge in [-0.25, -0.2) is 0 Å². The highest BCUT2D eigenvalue weighted by molar-refractivity contribution is 5.46. The fourth-order valence-electron chi connectivity index (χ4n) is 1.25. The van der Waals surface area contributed by atoms with Crippen LogP contribution in [0.3, 0.4) is 0 Å². The molecule has 1 unspecified atom stereocenters. The molecule has 1 aromatic rings. The first kappa shape index (κ1) is 12.1. The first-order valence-corrected chi connectivity index (χ1v) is 4.81. The molecule has 1 rings (SSSR count). The van der Waals surface area contributed by atoms with E-state index < -0.39 is 9.85 Å². The fourth-order valence-corrected chi connectivity index (χ4v) is 1.25. The second-order valence-corrected chi connectivity index (χ2v) is 3.50. The van der Waals surface area contributed by atoms with Crippen molar-refractivity contribution >= 4 is 11.4 Å². The summed E-state index contributed by atoms with van der Waals surface area (Å²) in [6, 6.07) is 4.84. The zero-order valence-corrected chi connectivity index (χ0v) is 8.97. The van der Waals surface area contributed by atoms with Crippen LogP contribution in [0.15, 0.2) is 12.1 Å². The Balaban J connectivity index is 3.29. The predicted molar refractivity (Wildman–Crippen MR) is 57.3 cm³/mol. The van der Waals surface area contributed by atoms with E-state index in [0.717, 1.165) is 12.5 Å². The first-order chi connectivity index (χ1) is 7.45. The van der Waals surface area contributed by atoms with Crippen LogP contribution in [-0.2, 0) is 0 Å². The minimum absolute atomic E-state index is 0.0126. The van der Waals surface area contributed by atoms with Crippen LogP contribution in [0.4, 0.5) is 11.4 Å². The van der Waals surface area contributed by atoms with Crippen molar-refractivity contribution in [3.8, 4) is 0 Å². The molecule has 0 fully saturated rings. The topological polar surface area (TPSA) is 86.3 Å². The highest BCUT2D eigenvalue weighted by Crippen LogP contribution is 2.27. The SMILES string of the molecule is CCC(C)c1[c]c([N+](=O)[O-])cc([N+](=O)[O-])c1. The van der Waals surface area contributed by atoms with Gasteiger partial charge in [-0.2, -0.15) is 0 Å². The molecule has 0 N–H and O–H groups in total. The molecule has 0 aromatic heterocycles. The van der Waals surface area contributed by atoms with E-state index in [4.69, 9.17) is 0 Å². The van der Waals surface area contributed by atoms with Crippen molar-refractivity contribution in [2.45, 2.75) is 26.2 Å². The Morgan fingerprint density at radius 2 is 1.94 bits per heavy atom. The van der Waals surface area contributed by atoms with E-state index in [1.807, 2.05) is 13.8 Å². The van der Waals surface area contributed by atoms with Gasteiger partial charge in [0, 0.05) is 6.07 Å². The minimum Gasteiger partial charge on any atom is -0.258 e. The van der Waals surface area contributed by atoms with E-state index in [9.17, 15) is 20.2 Å². The van der Waals surface area contributed by atoms with Gasteiger partial charge in [0.25, 0.3) is 11.4 Å². The van der Waals surface area contributed by atoms with Crippen LogP contribution in [0.25, 0.3) is 0 Å². The number of nitro benzene ring substituents is 2. The molecule has 1 aromatic carbocycles. The van der Waals surface area contributed by atoms with Crippen molar-refractivity contribution in [3.05, 3.63) is 44.0 Å². The van der Waals surface area contributed by atoms with E-state index in [1.165, 1.54) is 6.07 Å². The number of hydrogen-bond acceptors (Lipinski definition) is 4. The molecule has 85 valence electrons. The monoisotopic (exact) mass is 223 g/mol. The Bertz CT molecular complexity index is 399. The van der Waals surface area contributed by atoms with Crippen LogP contribution in [0.5, 0.6) is 0 Å². The zero-order valence-electron chi connectivity index (χ0n) is 8.97. The molecule has 0 aliphatic carbocycles. The quantitative estimate of drug-likeness (QED) is 0.580. The molecule has 0 saturated carbocycles. The summed E-state index contributed by atoms with van der Waals surface area (Å²) in [5.74, 6) is 0.0126. The molecule has 0 aliphatic heterocycles. The Kier molecular flexibility index (Phi) is 3.55. The highest BCUT2D eigenvalue weighted by Gasteiger charge is 2.18. The molecular weight excluding hydrogens is 212 g/mol. The summed E-state index contributed by atoms with van der Waals surface area (Å²) < 4.78 is 0. The van der Waals surface area contributed by atoms with Crippen molar-refractivity contribution in [2.24, 2.45) is 0 Å². The van der Waals surface area contributed by atoms with Gasteiger partial charge in [-0.15, -0.1) is 0 Å². The Morgan fingerprint density at radius 1 is 1.31 bits per heavy atom. The molecule has 1 atom stereocenters. The van der Waals surface area contributed by atoms with Gasteiger partial charge in [-0.1, -0.05) is 13.8 Å². The van der Waals surface area contributed by atoms with Gasteiger partial charge >= 0.3 is 0 Å². The van der Waals surface area contributed by atoms with Gasteiger partial charge in [0.1, 0.15) is 0 Å². The number of non-ortho nitro benzene ring substituents is 2. The third-order valence-corrected chi connectivity index (χ3v) is 2.41. The average Bonchev–Trinajstić information content (AvgIpc) is 2.27. The van der Waals surface area contributed by atoms with Crippen LogP contribution in [-0.4, -0.2) is 9.85 Å². The normalized spacial score (nSPS) is 12.1. The third kappa shape index (κ3) is 2.53. The molecule has 1 radical (unpaired) electrons. The lowest BCUT2D eigenvalue weighted by molar-refractivity contribution is -0.394. The summed E-state index contributed by atoms with van der Waals surface area (Å²) in [7, 11) is 0. The molecule has 6 nitrogen and oxygen atoms in total. The molecule has 0 spiro atoms. The van der Waals surface area contributed by atoms with Gasteiger partial charge < -0.3 is 0 Å². The van der Waals surface area contributed by atoms with Gasteiger partial charge in [0.15, 0.2) is 0 Å². The predicted octanol–water partition coefficient (Wildman–Crippen LogP) is 2.82. The summed E-state index contributed by atoms with van der Waals surface area (Å²) in [4.78, 5) is 19.9. The molecular formula is C10H11N2O4. The van der Waals surface area contributed by atoms with Crippen molar-refractivity contribution in [1.82, 2.24) is 0 Å². The number of nitrogens with zero attached hydrogens (tertiary/aromatic N) is 2. The van der Waals surface area contributed by atoms with Crippen LogP contribution < -0.4 is 0 Å². The smallest absolute Gasteiger partial charge is 0.258 e. The lowest BCUT2D eigenvalue weighted by atomic mass is 9.98. The van der Waals surface area contributed by atoms with Crippen molar-refractivity contribution in [3.63, 3.8) is 0 Å². The number of nitro groups is 2. The summed E-state index contributed by atoms with van der Waals surface area (Å²) in [6.07, 6.45) is 0.745. The molecule has 0 saturated heterocycles. The second-order valence-electron chi connectivity index (χ2n) is 3.50. The third-order valence-electron chi connectivity index (χ3n) is 2.41. The van der Waals surface area contributed by atoms with E-state index in [0.29, 0.717) is 5.56 Å². The maximum atomic E-state index is 10.6. The summed E-state index contributed by atoms with van der Waals surface area (Å²) in [6.45, 7) is 3.75. The lowest BCUT2D eigenvalue weighted by Crippen LogP contribution is -1.98. The van der Waals surface area contributed by atoms with E-state index >= 15 is 0 Å². The molecule has 6 heteroatoms. The Morgan fingerprint density at radius 3 is 2.38 bits per heavy atom. The maximum absolute atomic E-state index is 10.6. The van der Waals surface area contributed by atoms with Gasteiger partial charge in [0.2, 0.25) is 0 Å². The number of hydrogen-bond donors (Lipinski definition) is 0. The fraction of sp³-hybridized carbons (Fsp3) is 0.400. The summed E-state index contributed by atoms with van der Waals surface area (Å²) in [5.41, 5.74) is -0.117. The van der Waals surface area contributed by atoms with Crippen LogP contribution >= 0.6 is 0 Å². The first-order valence-electron chi connectivity index (χ1n) is 4.81. The van der Waals surface area contributed by atoms with Crippen molar-refractivity contribution < 1.29 is 9.85 Å². The van der Waals surface area contributed by atoms with E-state index in [1.54, 1.807) is 0 Å². The zero-order chi connectivity index (χ0) is 12.3. The second kappa shape index (κ2) is 4.69. The number of rotatable bonds is 4. The highest BCUT2D eigenvalue weighted by atomic mass is 16.6. The van der Waals surface area contributed by atoms with Gasteiger partial charge in [-0.05, 0) is 17.9 Å². The van der Waals surface area contributed by atoms with Crippen LogP contribution in [0.1, 0.15) is 31.7 Å². The molecule has 16 heavy (non-hydrogen) atoms. The largest absolute Gasteiger partial charge is 0.284 e. The number of benzene rings is 1. The minimum atomic E-state index is -0.668. The van der Waals surface area contributed by atoms with Crippen LogP contribution in [0.2, 0.25) is 0 Å². The average molecular weight is 223 g/mol. The summed E-state index contributed by atoms with van der Waals surface area (Å²) >= 11 is 0. The molecule has 0 aliphatic rings. The lowest BCUT2D eigenvalue weighted by Gasteiger charge is -2.07. The molecule has 0 heterocycles. The molecule has 0 bridgehead atoms. The van der Waals surface area contributed by atoms with E-state index in [-0.39, 0.29) is 17.3 Å². The van der Waals surface area contributed by atoms with Gasteiger partial charge in [0.05, 0.1) is 22.0 Å². The van der Waals surface area contributed by atoms with E-state index in [2.05, 4.69) is 6.07 Å². The maximum Gasteiger partial charge on any atom is 0.284 e. The Hall–Kier alpha value is -1.98. The van der Waals surface area contributed by atoms with Crippen molar-refractivity contribution in [2.75, 3.05) is 0 Å². The summed E-state index contributed by atoms with van der Waals surface area (Å²) in [5, 5.41) is 21.2. The van der Waals surface area contributed by atoms with Gasteiger partial charge in [-0.3, -0.25) is 20.2 Å². The molecule has 0 amide bonds.